The van der Waals surface area contributed by atoms with Crippen molar-refractivity contribution in [3.05, 3.63) is 53.3 Å². The van der Waals surface area contributed by atoms with Crippen LogP contribution in [0.1, 0.15) is 16.8 Å². The van der Waals surface area contributed by atoms with Gasteiger partial charge in [0.1, 0.15) is 6.04 Å². The van der Waals surface area contributed by atoms with Gasteiger partial charge >= 0.3 is 0 Å². The molecule has 5 nitrogen and oxygen atoms in total. The second-order valence-corrected chi connectivity index (χ2v) is 7.03. The lowest BCUT2D eigenvalue weighted by Gasteiger charge is -2.37. The molecule has 1 aromatic carbocycles. The van der Waals surface area contributed by atoms with Crippen molar-refractivity contribution >= 4 is 17.3 Å². The Morgan fingerprint density at radius 3 is 2.68 bits per heavy atom. The summed E-state index contributed by atoms with van der Waals surface area (Å²) in [6.07, 6.45) is 2.64. The van der Waals surface area contributed by atoms with Gasteiger partial charge in [-0.2, -0.15) is 0 Å². The predicted molar refractivity (Wildman–Crippen MR) is 100 cm³/mol. The topological polar surface area (TPSA) is 48.5 Å². The van der Waals surface area contributed by atoms with Crippen LogP contribution >= 0.6 is 0 Å². The van der Waals surface area contributed by atoms with Crippen molar-refractivity contribution in [2.75, 3.05) is 36.4 Å². The van der Waals surface area contributed by atoms with Gasteiger partial charge in [0, 0.05) is 55.9 Å². The molecule has 0 unspecified atom stereocenters. The SMILES string of the molecule is Cc1ccc2c(c1)C[C@H](C(=O)N1CCN(c3ccnc(C)c3)CC1)N2. The van der Waals surface area contributed by atoms with Crippen molar-refractivity contribution in [1.29, 1.82) is 0 Å². The number of aryl methyl sites for hydroxylation is 2. The van der Waals surface area contributed by atoms with E-state index in [-0.39, 0.29) is 11.9 Å². The molecule has 1 atom stereocenters. The first-order chi connectivity index (χ1) is 12.1. The van der Waals surface area contributed by atoms with Crippen molar-refractivity contribution in [1.82, 2.24) is 9.88 Å². The summed E-state index contributed by atoms with van der Waals surface area (Å²) in [6, 6.07) is 10.4. The number of nitrogens with zero attached hydrogens (tertiary/aromatic N) is 3. The van der Waals surface area contributed by atoms with E-state index >= 15 is 0 Å². The molecule has 0 bridgehead atoms. The Morgan fingerprint density at radius 2 is 1.92 bits per heavy atom. The van der Waals surface area contributed by atoms with Gasteiger partial charge in [0.25, 0.3) is 0 Å². The minimum atomic E-state index is -0.119. The van der Waals surface area contributed by atoms with Crippen LogP contribution < -0.4 is 10.2 Å². The Morgan fingerprint density at radius 1 is 1.12 bits per heavy atom. The van der Waals surface area contributed by atoms with E-state index in [1.165, 1.54) is 16.8 Å². The third-order valence-electron chi connectivity index (χ3n) is 5.15. The van der Waals surface area contributed by atoms with Crippen molar-refractivity contribution in [3.63, 3.8) is 0 Å². The van der Waals surface area contributed by atoms with Crippen molar-refractivity contribution in [2.24, 2.45) is 0 Å². The maximum Gasteiger partial charge on any atom is 0.245 e. The number of piperazine rings is 1. The van der Waals surface area contributed by atoms with Gasteiger partial charge in [-0.25, -0.2) is 0 Å². The molecular weight excluding hydrogens is 312 g/mol. The van der Waals surface area contributed by atoms with Crippen LogP contribution in [-0.2, 0) is 11.2 Å². The quantitative estimate of drug-likeness (QED) is 0.915. The van der Waals surface area contributed by atoms with Crippen LogP contribution in [-0.4, -0.2) is 48.0 Å². The number of rotatable bonds is 2. The largest absolute Gasteiger partial charge is 0.373 e. The fraction of sp³-hybridized carbons (Fsp3) is 0.400. The summed E-state index contributed by atoms with van der Waals surface area (Å²) >= 11 is 0. The number of anilines is 2. The highest BCUT2D eigenvalue weighted by Crippen LogP contribution is 2.28. The number of nitrogens with one attached hydrogen (secondary N) is 1. The normalized spacial score (nSPS) is 19.5. The Labute approximate surface area is 148 Å². The molecule has 2 aromatic rings. The zero-order valence-electron chi connectivity index (χ0n) is 14.8. The van der Waals surface area contributed by atoms with Gasteiger partial charge in [0.15, 0.2) is 0 Å². The molecule has 0 radical (unpaired) electrons. The van der Waals surface area contributed by atoms with Crippen LogP contribution in [0.3, 0.4) is 0 Å². The molecule has 0 aliphatic carbocycles. The monoisotopic (exact) mass is 336 g/mol. The van der Waals surface area contributed by atoms with Crippen LogP contribution in [0, 0.1) is 13.8 Å². The van der Waals surface area contributed by atoms with Gasteiger partial charge in [-0.05, 0) is 37.6 Å². The summed E-state index contributed by atoms with van der Waals surface area (Å²) < 4.78 is 0. The van der Waals surface area contributed by atoms with Crippen LogP contribution in [0.15, 0.2) is 36.5 Å². The van der Waals surface area contributed by atoms with E-state index < -0.39 is 0 Å². The third kappa shape index (κ3) is 3.18. The fourth-order valence-electron chi connectivity index (χ4n) is 3.77. The number of carbonyl (C=O) groups excluding carboxylic acids is 1. The smallest absolute Gasteiger partial charge is 0.245 e. The number of benzene rings is 1. The second-order valence-electron chi connectivity index (χ2n) is 7.03. The summed E-state index contributed by atoms with van der Waals surface area (Å²) in [5.74, 6) is 0.222. The predicted octanol–water partition coefficient (Wildman–Crippen LogP) is 2.38. The highest BCUT2D eigenvalue weighted by molar-refractivity contribution is 5.87. The molecule has 2 aliphatic heterocycles. The minimum Gasteiger partial charge on any atom is -0.373 e. The second kappa shape index (κ2) is 6.39. The van der Waals surface area contributed by atoms with Crippen LogP contribution in [0.25, 0.3) is 0 Å². The molecule has 0 saturated carbocycles. The lowest BCUT2D eigenvalue weighted by atomic mass is 10.1. The molecule has 130 valence electrons. The number of hydrogen-bond donors (Lipinski definition) is 1. The number of fused-ring (bicyclic) bond motifs is 1. The van der Waals surface area contributed by atoms with E-state index in [0.717, 1.165) is 44.0 Å². The Hall–Kier alpha value is -2.56. The Kier molecular flexibility index (Phi) is 4.07. The highest BCUT2D eigenvalue weighted by Gasteiger charge is 2.31. The van der Waals surface area contributed by atoms with E-state index in [2.05, 4.69) is 46.4 Å². The molecule has 25 heavy (non-hydrogen) atoms. The first-order valence-corrected chi connectivity index (χ1v) is 8.92. The molecule has 4 rings (SSSR count). The van der Waals surface area contributed by atoms with Gasteiger partial charge < -0.3 is 15.1 Å². The maximum atomic E-state index is 12.9. The molecule has 1 N–H and O–H groups in total. The number of pyridine rings is 1. The minimum absolute atomic E-state index is 0.119. The zero-order chi connectivity index (χ0) is 17.4. The lowest BCUT2D eigenvalue weighted by Crippen LogP contribution is -2.52. The van der Waals surface area contributed by atoms with E-state index in [1.54, 1.807) is 0 Å². The summed E-state index contributed by atoms with van der Waals surface area (Å²) in [6.45, 7) is 7.38. The Balaban J connectivity index is 1.37. The molecule has 1 fully saturated rings. The van der Waals surface area contributed by atoms with Crippen molar-refractivity contribution in [3.8, 4) is 0 Å². The first kappa shape index (κ1) is 15.9. The van der Waals surface area contributed by atoms with Crippen LogP contribution in [0.4, 0.5) is 11.4 Å². The fourth-order valence-corrected chi connectivity index (χ4v) is 3.77. The molecule has 1 amide bonds. The molecule has 3 heterocycles. The number of aromatic nitrogens is 1. The van der Waals surface area contributed by atoms with E-state index in [0.29, 0.717) is 0 Å². The summed E-state index contributed by atoms with van der Waals surface area (Å²) in [5, 5.41) is 3.40. The van der Waals surface area contributed by atoms with Gasteiger partial charge in [0.05, 0.1) is 0 Å². The standard InChI is InChI=1S/C20H24N4O/c1-14-3-4-18-16(11-14)13-19(22-18)20(25)24-9-7-23(8-10-24)17-5-6-21-15(2)12-17/h3-6,11-12,19,22H,7-10,13H2,1-2H3/t19-/m1/s1. The van der Waals surface area contributed by atoms with Crippen LogP contribution in [0.2, 0.25) is 0 Å². The van der Waals surface area contributed by atoms with Crippen LogP contribution in [0.5, 0.6) is 0 Å². The average molecular weight is 336 g/mol. The van der Waals surface area contributed by atoms with Crippen molar-refractivity contribution in [2.45, 2.75) is 26.3 Å². The number of amides is 1. The van der Waals surface area contributed by atoms with E-state index in [4.69, 9.17) is 0 Å². The molecule has 1 saturated heterocycles. The summed E-state index contributed by atoms with van der Waals surface area (Å²) in [7, 11) is 0. The number of hydrogen-bond acceptors (Lipinski definition) is 4. The molecule has 2 aliphatic rings. The van der Waals surface area contributed by atoms with Crippen molar-refractivity contribution < 1.29 is 4.79 Å². The van der Waals surface area contributed by atoms with Gasteiger partial charge in [0.2, 0.25) is 5.91 Å². The first-order valence-electron chi connectivity index (χ1n) is 8.92. The summed E-state index contributed by atoms with van der Waals surface area (Å²) in [4.78, 5) is 21.5. The highest BCUT2D eigenvalue weighted by atomic mass is 16.2. The van der Waals surface area contributed by atoms with Gasteiger partial charge in [-0.15, -0.1) is 0 Å². The van der Waals surface area contributed by atoms with E-state index in [9.17, 15) is 4.79 Å². The molecule has 1 aromatic heterocycles. The summed E-state index contributed by atoms with van der Waals surface area (Å²) in [5.41, 5.74) is 5.83. The Bertz CT molecular complexity index is 796. The zero-order valence-corrected chi connectivity index (χ0v) is 14.8. The lowest BCUT2D eigenvalue weighted by molar-refractivity contribution is -0.132. The van der Waals surface area contributed by atoms with Gasteiger partial charge in [-0.1, -0.05) is 17.7 Å². The maximum absolute atomic E-state index is 12.9. The third-order valence-corrected chi connectivity index (χ3v) is 5.15. The molecule has 5 heteroatoms. The molecule has 0 spiro atoms. The average Bonchev–Trinajstić information content (AvgIpc) is 3.04. The molecular formula is C20H24N4O. The number of carbonyl (C=O) groups is 1. The van der Waals surface area contributed by atoms with E-state index in [1.807, 2.05) is 24.1 Å². The van der Waals surface area contributed by atoms with Gasteiger partial charge in [-0.3, -0.25) is 9.78 Å².